The van der Waals surface area contributed by atoms with E-state index in [0.29, 0.717) is 6.92 Å². The molecule has 6 nitrogen and oxygen atoms in total. The number of aryl methyl sites for hydroxylation is 1. The molecule has 1 atom stereocenters. The highest BCUT2D eigenvalue weighted by Gasteiger charge is 2.39. The predicted octanol–water partition coefficient (Wildman–Crippen LogP) is 1.04. The van der Waals surface area contributed by atoms with Crippen molar-refractivity contribution in [1.82, 2.24) is 9.29 Å². The molecule has 1 unspecified atom stereocenters. The van der Waals surface area contributed by atoms with Gasteiger partial charge in [-0.1, -0.05) is 0 Å². The number of alkyl halides is 3. The lowest BCUT2D eigenvalue weighted by Gasteiger charge is -2.16. The average molecular weight is 314 g/mol. The van der Waals surface area contributed by atoms with Gasteiger partial charge in [0.05, 0.1) is 7.11 Å². The minimum atomic E-state index is -4.70. The Morgan fingerprint density at radius 3 is 2.45 bits per heavy atom. The van der Waals surface area contributed by atoms with Gasteiger partial charge >= 0.3 is 12.1 Å². The van der Waals surface area contributed by atoms with E-state index < -0.39 is 33.1 Å². The largest absolute Gasteiger partial charge is 0.464 e. The average Bonchev–Trinajstić information content (AvgIpc) is 2.69. The van der Waals surface area contributed by atoms with E-state index in [2.05, 4.69) is 4.74 Å². The monoisotopic (exact) mass is 314 g/mol. The molecule has 0 radical (unpaired) electrons. The van der Waals surface area contributed by atoms with Crippen LogP contribution in [0.15, 0.2) is 17.2 Å². The van der Waals surface area contributed by atoms with Crippen molar-refractivity contribution in [2.75, 3.05) is 7.11 Å². The van der Waals surface area contributed by atoms with E-state index in [4.69, 9.17) is 0 Å². The molecular formula is C10H13F3N2O4S. The van der Waals surface area contributed by atoms with Gasteiger partial charge in [0, 0.05) is 13.2 Å². The van der Waals surface area contributed by atoms with Crippen LogP contribution >= 0.6 is 0 Å². The first kappa shape index (κ1) is 16.5. The van der Waals surface area contributed by atoms with Gasteiger partial charge in [-0.2, -0.15) is 17.9 Å². The van der Waals surface area contributed by atoms with Crippen LogP contribution in [0.1, 0.15) is 17.4 Å². The van der Waals surface area contributed by atoms with E-state index in [0.717, 1.165) is 23.9 Å². The van der Waals surface area contributed by atoms with Crippen LogP contribution < -0.4 is 4.72 Å². The molecule has 0 aromatic carbocycles. The molecule has 1 aromatic heterocycles. The predicted molar refractivity (Wildman–Crippen MR) is 62.6 cm³/mol. The number of halogens is 3. The number of nitrogens with zero attached hydrogens (tertiary/aromatic N) is 1. The Labute approximate surface area is 113 Å². The number of aromatic nitrogens is 1. The number of esters is 1. The number of nitrogens with one attached hydrogen (secondary N) is 1. The van der Waals surface area contributed by atoms with Crippen molar-refractivity contribution in [2.24, 2.45) is 7.05 Å². The Balaban J connectivity index is 3.09. The molecule has 1 N–H and O–H groups in total. The smallest absolute Gasteiger partial charge is 0.404 e. The molecular weight excluding hydrogens is 301 g/mol. The maximum absolute atomic E-state index is 12.4. The summed E-state index contributed by atoms with van der Waals surface area (Å²) in [6, 6.07) is -1.30. The van der Waals surface area contributed by atoms with Gasteiger partial charge in [0.2, 0.25) is 10.0 Å². The van der Waals surface area contributed by atoms with E-state index in [1.165, 1.54) is 11.8 Å². The third kappa shape index (κ3) is 3.51. The molecule has 0 spiro atoms. The van der Waals surface area contributed by atoms with Gasteiger partial charge in [-0.05, 0) is 13.0 Å². The molecule has 1 rings (SSSR count). The van der Waals surface area contributed by atoms with Crippen LogP contribution in [0.4, 0.5) is 13.2 Å². The molecule has 0 aliphatic carbocycles. The fourth-order valence-electron chi connectivity index (χ4n) is 1.36. The van der Waals surface area contributed by atoms with Crippen molar-refractivity contribution in [3.8, 4) is 0 Å². The highest BCUT2D eigenvalue weighted by Crippen LogP contribution is 2.22. The molecule has 1 heterocycles. The second-order valence-corrected chi connectivity index (χ2v) is 5.76. The summed E-state index contributed by atoms with van der Waals surface area (Å²) in [6.45, 7) is 0.682. The third-order valence-electron chi connectivity index (χ3n) is 2.51. The van der Waals surface area contributed by atoms with Gasteiger partial charge in [-0.15, -0.1) is 0 Å². The molecule has 0 saturated carbocycles. The second kappa shape index (κ2) is 5.44. The molecule has 0 aliphatic rings. The van der Waals surface area contributed by atoms with Crippen LogP contribution in [0.5, 0.6) is 0 Å². The second-order valence-electron chi connectivity index (χ2n) is 4.05. The van der Waals surface area contributed by atoms with Crippen molar-refractivity contribution < 1.29 is 31.1 Å². The highest BCUT2D eigenvalue weighted by molar-refractivity contribution is 7.89. The first-order valence-electron chi connectivity index (χ1n) is 5.32. The normalized spacial score (nSPS) is 14.1. The first-order chi connectivity index (χ1) is 8.99. The quantitative estimate of drug-likeness (QED) is 0.843. The Kier molecular flexibility index (Phi) is 4.49. The number of hydrogen-bond donors (Lipinski definition) is 1. The highest BCUT2D eigenvalue weighted by atomic mass is 32.2. The summed E-state index contributed by atoms with van der Waals surface area (Å²) >= 11 is 0. The van der Waals surface area contributed by atoms with E-state index in [1.54, 1.807) is 0 Å². The lowest BCUT2D eigenvalue weighted by molar-refractivity contribution is -0.147. The van der Waals surface area contributed by atoms with Crippen LogP contribution in [-0.4, -0.2) is 38.3 Å². The zero-order valence-electron chi connectivity index (χ0n) is 10.9. The minimum Gasteiger partial charge on any atom is -0.464 e. The van der Waals surface area contributed by atoms with E-state index in [1.807, 2.05) is 0 Å². The number of sulfonamides is 1. The van der Waals surface area contributed by atoms with E-state index in [9.17, 15) is 26.4 Å². The molecule has 0 aliphatic heterocycles. The summed E-state index contributed by atoms with van der Waals surface area (Å²) in [5.41, 5.74) is -0.0902. The topological polar surface area (TPSA) is 77.4 Å². The minimum absolute atomic E-state index is 0.0902. The standard InChI is InChI=1S/C10H13F3N2O4S/c1-6(10(11,12)13)14-20(17,18)7-4-8(9(16)19-3)15(2)5-7/h4-6,14H,1-3H3. The van der Waals surface area contributed by atoms with Gasteiger partial charge in [0.1, 0.15) is 16.6 Å². The fraction of sp³-hybridized carbons (Fsp3) is 0.500. The molecule has 114 valence electrons. The van der Waals surface area contributed by atoms with Crippen molar-refractivity contribution in [1.29, 1.82) is 0 Å². The Hall–Kier alpha value is -1.55. The zero-order chi connectivity index (χ0) is 15.7. The maximum atomic E-state index is 12.4. The number of ether oxygens (including phenoxy) is 1. The van der Waals surface area contributed by atoms with Gasteiger partial charge in [0.15, 0.2) is 0 Å². The molecule has 0 amide bonds. The Bertz CT molecular complexity index is 607. The summed E-state index contributed by atoms with van der Waals surface area (Å²) in [5, 5.41) is 0. The van der Waals surface area contributed by atoms with E-state index >= 15 is 0 Å². The maximum Gasteiger partial charge on any atom is 0.404 e. The van der Waals surface area contributed by atoms with Crippen LogP contribution in [0.2, 0.25) is 0 Å². The zero-order valence-corrected chi connectivity index (χ0v) is 11.7. The fourth-order valence-corrected chi connectivity index (χ4v) is 2.66. The van der Waals surface area contributed by atoms with Crippen molar-refractivity contribution in [3.63, 3.8) is 0 Å². The lowest BCUT2D eigenvalue weighted by atomic mass is 10.4. The first-order valence-corrected chi connectivity index (χ1v) is 6.81. The SMILES string of the molecule is COC(=O)c1cc(S(=O)(=O)NC(C)C(F)(F)F)cn1C. The van der Waals surface area contributed by atoms with Crippen LogP contribution in [0.25, 0.3) is 0 Å². The lowest BCUT2D eigenvalue weighted by Crippen LogP contribution is -2.42. The van der Waals surface area contributed by atoms with Crippen molar-refractivity contribution in [2.45, 2.75) is 24.0 Å². The molecule has 1 aromatic rings. The third-order valence-corrected chi connectivity index (χ3v) is 4.02. The van der Waals surface area contributed by atoms with Gasteiger partial charge in [-0.25, -0.2) is 13.2 Å². The summed E-state index contributed by atoms with van der Waals surface area (Å²) < 4.78 is 67.7. The van der Waals surface area contributed by atoms with Crippen LogP contribution in [0.3, 0.4) is 0 Å². The molecule has 0 saturated heterocycles. The molecule has 10 heteroatoms. The molecule has 20 heavy (non-hydrogen) atoms. The van der Waals surface area contributed by atoms with Crippen molar-refractivity contribution in [3.05, 3.63) is 18.0 Å². The van der Waals surface area contributed by atoms with Gasteiger partial charge in [0.25, 0.3) is 0 Å². The number of carbonyl (C=O) groups excluding carboxylic acids is 1. The van der Waals surface area contributed by atoms with E-state index in [-0.39, 0.29) is 5.69 Å². The Morgan fingerprint density at radius 1 is 1.45 bits per heavy atom. The number of methoxy groups -OCH3 is 1. The summed E-state index contributed by atoms with van der Waals surface area (Å²) in [4.78, 5) is 10.9. The number of carbonyl (C=O) groups is 1. The number of hydrogen-bond acceptors (Lipinski definition) is 4. The summed E-state index contributed by atoms with van der Waals surface area (Å²) in [5.74, 6) is -0.794. The molecule has 0 bridgehead atoms. The number of rotatable bonds is 4. The van der Waals surface area contributed by atoms with Crippen LogP contribution in [-0.2, 0) is 21.8 Å². The summed E-state index contributed by atoms with van der Waals surface area (Å²) in [7, 11) is -1.91. The Morgan fingerprint density at radius 2 is 2.00 bits per heavy atom. The summed E-state index contributed by atoms with van der Waals surface area (Å²) in [6.07, 6.45) is -3.68. The van der Waals surface area contributed by atoms with Gasteiger partial charge in [-0.3, -0.25) is 0 Å². The van der Waals surface area contributed by atoms with Crippen molar-refractivity contribution >= 4 is 16.0 Å². The van der Waals surface area contributed by atoms with Crippen LogP contribution in [0, 0.1) is 0 Å². The molecule has 0 fully saturated rings. The van der Waals surface area contributed by atoms with Gasteiger partial charge < -0.3 is 9.30 Å².